The van der Waals surface area contributed by atoms with E-state index in [0.29, 0.717) is 0 Å². The van der Waals surface area contributed by atoms with Gasteiger partial charge in [0, 0.05) is 38.7 Å². The SMILES string of the molecule is CC(Oc1ccc(S(C)(=O)=O)cc1C(=O)N1CCN(c2ccc(S(C)(=O)=O)cc2F)CC1)C(F)(F)F. The molecule has 3 rings (SSSR count). The van der Waals surface area contributed by atoms with E-state index in [4.69, 9.17) is 4.74 Å². The number of benzene rings is 2. The standard InChI is InChI=1S/C22H24F4N2O6S2/c1-14(22(24,25)26)34-20-7-5-15(35(2,30)31)12-17(20)21(29)28-10-8-27(9-11-28)19-6-4-16(13-18(19)23)36(3,32)33/h4-7,12-14H,8-11H2,1-3H3. The van der Waals surface area contributed by atoms with Crippen molar-refractivity contribution in [1.82, 2.24) is 4.90 Å². The number of hydrogen-bond acceptors (Lipinski definition) is 7. The van der Waals surface area contributed by atoms with Gasteiger partial charge in [0.1, 0.15) is 11.6 Å². The van der Waals surface area contributed by atoms with E-state index >= 15 is 0 Å². The van der Waals surface area contributed by atoms with Crippen LogP contribution in [0.3, 0.4) is 0 Å². The van der Waals surface area contributed by atoms with Crippen LogP contribution in [0, 0.1) is 5.82 Å². The average molecular weight is 553 g/mol. The first-order valence-electron chi connectivity index (χ1n) is 10.6. The molecule has 8 nitrogen and oxygen atoms in total. The summed E-state index contributed by atoms with van der Waals surface area (Å²) < 4.78 is 106. The van der Waals surface area contributed by atoms with Crippen LogP contribution in [0.4, 0.5) is 23.2 Å². The van der Waals surface area contributed by atoms with Crippen LogP contribution in [0.5, 0.6) is 5.75 Å². The number of ether oxygens (including phenoxy) is 1. The number of alkyl halides is 3. The van der Waals surface area contributed by atoms with Crippen LogP contribution in [-0.4, -0.2) is 78.6 Å². The van der Waals surface area contributed by atoms with E-state index in [1.807, 2.05) is 0 Å². The van der Waals surface area contributed by atoms with E-state index in [9.17, 15) is 39.2 Å². The minimum absolute atomic E-state index is 0.0451. The van der Waals surface area contributed by atoms with Crippen molar-refractivity contribution >= 4 is 31.3 Å². The van der Waals surface area contributed by atoms with Crippen molar-refractivity contribution in [2.24, 2.45) is 0 Å². The summed E-state index contributed by atoms with van der Waals surface area (Å²) in [6.07, 6.45) is -5.10. The third kappa shape index (κ3) is 6.27. The van der Waals surface area contributed by atoms with Gasteiger partial charge in [0.25, 0.3) is 5.91 Å². The highest BCUT2D eigenvalue weighted by atomic mass is 32.2. The summed E-state index contributed by atoms with van der Waals surface area (Å²) in [5, 5.41) is 0. The molecule has 0 radical (unpaired) electrons. The largest absolute Gasteiger partial charge is 0.480 e. The Balaban J connectivity index is 1.83. The Morgan fingerprint density at radius 3 is 1.94 bits per heavy atom. The van der Waals surface area contributed by atoms with E-state index in [0.717, 1.165) is 43.7 Å². The number of halogens is 4. The van der Waals surface area contributed by atoms with Crippen molar-refractivity contribution in [3.05, 3.63) is 47.8 Å². The first kappa shape index (κ1) is 27.7. The van der Waals surface area contributed by atoms with E-state index in [1.165, 1.54) is 17.0 Å². The monoisotopic (exact) mass is 552 g/mol. The van der Waals surface area contributed by atoms with Gasteiger partial charge in [0.05, 0.1) is 21.0 Å². The molecule has 198 valence electrons. The van der Waals surface area contributed by atoms with Crippen LogP contribution >= 0.6 is 0 Å². The molecule has 1 fully saturated rings. The van der Waals surface area contributed by atoms with Crippen LogP contribution in [0.15, 0.2) is 46.2 Å². The maximum absolute atomic E-state index is 14.6. The molecule has 2 aromatic carbocycles. The molecule has 1 unspecified atom stereocenters. The number of anilines is 1. The van der Waals surface area contributed by atoms with Crippen LogP contribution in [0.25, 0.3) is 0 Å². The Morgan fingerprint density at radius 2 is 1.44 bits per heavy atom. The van der Waals surface area contributed by atoms with Gasteiger partial charge in [-0.3, -0.25) is 4.79 Å². The lowest BCUT2D eigenvalue weighted by molar-refractivity contribution is -0.189. The maximum Gasteiger partial charge on any atom is 0.425 e. The lowest BCUT2D eigenvalue weighted by Gasteiger charge is -2.36. The van der Waals surface area contributed by atoms with Crippen LogP contribution < -0.4 is 9.64 Å². The number of carbonyl (C=O) groups excluding carboxylic acids is 1. The topological polar surface area (TPSA) is 101 Å². The quantitative estimate of drug-likeness (QED) is 0.508. The lowest BCUT2D eigenvalue weighted by atomic mass is 10.1. The van der Waals surface area contributed by atoms with Gasteiger partial charge in [0.15, 0.2) is 25.8 Å². The normalized spacial score (nSPS) is 16.1. The molecule has 1 saturated heterocycles. The van der Waals surface area contributed by atoms with Crippen LogP contribution in [0.2, 0.25) is 0 Å². The highest BCUT2D eigenvalue weighted by molar-refractivity contribution is 7.91. The second kappa shape index (κ2) is 9.88. The van der Waals surface area contributed by atoms with E-state index in [2.05, 4.69) is 0 Å². The fraction of sp³-hybridized carbons (Fsp3) is 0.409. The maximum atomic E-state index is 14.6. The molecule has 14 heteroatoms. The molecule has 0 saturated carbocycles. The number of hydrogen-bond donors (Lipinski definition) is 0. The van der Waals surface area contributed by atoms with Gasteiger partial charge in [-0.15, -0.1) is 0 Å². The second-order valence-electron chi connectivity index (χ2n) is 8.40. The van der Waals surface area contributed by atoms with Crippen molar-refractivity contribution in [2.45, 2.75) is 29.0 Å². The van der Waals surface area contributed by atoms with Crippen molar-refractivity contribution in [3.8, 4) is 5.75 Å². The predicted octanol–water partition coefficient (Wildman–Crippen LogP) is 2.92. The number of rotatable bonds is 6. The summed E-state index contributed by atoms with van der Waals surface area (Å²) in [5.74, 6) is -1.91. The zero-order valence-corrected chi connectivity index (χ0v) is 21.2. The molecule has 0 spiro atoms. The van der Waals surface area contributed by atoms with E-state index in [-0.39, 0.29) is 47.2 Å². The molecule has 1 atom stereocenters. The third-order valence-corrected chi connectivity index (χ3v) is 7.85. The predicted molar refractivity (Wildman–Crippen MR) is 123 cm³/mol. The number of carbonyl (C=O) groups is 1. The zero-order valence-electron chi connectivity index (χ0n) is 19.5. The van der Waals surface area contributed by atoms with Crippen molar-refractivity contribution in [2.75, 3.05) is 43.6 Å². The Morgan fingerprint density at radius 1 is 0.917 bits per heavy atom. The summed E-state index contributed by atoms with van der Waals surface area (Å²) in [5.41, 5.74) is -0.206. The van der Waals surface area contributed by atoms with Crippen LogP contribution in [0.1, 0.15) is 17.3 Å². The van der Waals surface area contributed by atoms with E-state index < -0.39 is 49.4 Å². The summed E-state index contributed by atoms with van der Waals surface area (Å²) in [4.78, 5) is 15.7. The van der Waals surface area contributed by atoms with Crippen molar-refractivity contribution in [1.29, 1.82) is 0 Å². The Bertz CT molecular complexity index is 1370. The number of amides is 1. The smallest absolute Gasteiger partial charge is 0.425 e. The van der Waals surface area contributed by atoms with Crippen molar-refractivity contribution in [3.63, 3.8) is 0 Å². The number of piperazine rings is 1. The average Bonchev–Trinajstić information content (AvgIpc) is 2.77. The molecule has 0 aromatic heterocycles. The number of sulfone groups is 2. The van der Waals surface area contributed by atoms with Gasteiger partial charge in [-0.05, 0) is 43.3 Å². The molecule has 1 aliphatic rings. The van der Waals surface area contributed by atoms with Gasteiger partial charge in [-0.1, -0.05) is 0 Å². The first-order chi connectivity index (χ1) is 16.5. The van der Waals surface area contributed by atoms with Crippen LogP contribution in [-0.2, 0) is 19.7 Å². The summed E-state index contributed by atoms with van der Waals surface area (Å²) >= 11 is 0. The summed E-state index contributed by atoms with van der Waals surface area (Å²) in [6.45, 7) is 1.14. The third-order valence-electron chi connectivity index (χ3n) is 5.63. The Labute approximate surface area is 206 Å². The molecule has 2 aromatic rings. The molecule has 0 N–H and O–H groups in total. The Hall–Kier alpha value is -2.87. The fourth-order valence-electron chi connectivity index (χ4n) is 3.56. The van der Waals surface area contributed by atoms with Gasteiger partial charge < -0.3 is 14.5 Å². The lowest BCUT2D eigenvalue weighted by Crippen LogP contribution is -2.49. The minimum atomic E-state index is -4.71. The molecule has 1 amide bonds. The van der Waals surface area contributed by atoms with Gasteiger partial charge in [0.2, 0.25) is 0 Å². The minimum Gasteiger partial charge on any atom is -0.480 e. The molecule has 0 aliphatic carbocycles. The second-order valence-corrected chi connectivity index (χ2v) is 12.4. The van der Waals surface area contributed by atoms with Gasteiger partial charge in [-0.2, -0.15) is 13.2 Å². The highest BCUT2D eigenvalue weighted by Crippen LogP contribution is 2.31. The summed E-state index contributed by atoms with van der Waals surface area (Å²) in [6, 6.07) is 6.55. The molecule has 36 heavy (non-hydrogen) atoms. The van der Waals surface area contributed by atoms with E-state index in [1.54, 1.807) is 4.90 Å². The molecule has 1 aliphatic heterocycles. The number of nitrogens with zero attached hydrogens (tertiary/aromatic N) is 2. The van der Waals surface area contributed by atoms with Crippen molar-refractivity contribution < 1.29 is 43.9 Å². The molecular formula is C22H24F4N2O6S2. The fourth-order valence-corrected chi connectivity index (χ4v) is 4.84. The molecular weight excluding hydrogens is 528 g/mol. The van der Waals surface area contributed by atoms with Gasteiger partial charge in [-0.25, -0.2) is 21.2 Å². The molecule has 0 bridgehead atoms. The highest BCUT2D eigenvalue weighted by Gasteiger charge is 2.39. The first-order valence-corrected chi connectivity index (χ1v) is 14.4. The summed E-state index contributed by atoms with van der Waals surface area (Å²) in [7, 11) is -7.36. The van der Waals surface area contributed by atoms with Gasteiger partial charge >= 0.3 is 6.18 Å². The Kier molecular flexibility index (Phi) is 7.61. The molecule has 1 heterocycles. The zero-order chi connectivity index (χ0) is 27.1.